The normalized spacial score (nSPS) is 13.1. The van der Waals surface area contributed by atoms with Gasteiger partial charge in [0.2, 0.25) is 0 Å². The standard InChI is InChI=1S/C15H10N3O/c1-2-6-13-11(5-1)18-9-12-14-10(4-3-7-16-14)8-17(12)15(18)19-13/h1-7,9H,8H2/q+1. The molecule has 0 amide bonds. The molecule has 0 aliphatic carbocycles. The molecule has 1 aliphatic rings. The highest BCUT2D eigenvalue weighted by atomic mass is 16.4. The van der Waals surface area contributed by atoms with Crippen LogP contribution in [0.2, 0.25) is 0 Å². The summed E-state index contributed by atoms with van der Waals surface area (Å²) in [4.78, 5) is 4.48. The lowest BCUT2D eigenvalue weighted by molar-refractivity contribution is -0.484. The zero-order valence-electron chi connectivity index (χ0n) is 10.1. The lowest BCUT2D eigenvalue weighted by Crippen LogP contribution is -2.16. The number of aromatic nitrogens is 3. The van der Waals surface area contributed by atoms with E-state index in [2.05, 4.69) is 32.3 Å². The van der Waals surface area contributed by atoms with Crippen LogP contribution in [0.4, 0.5) is 0 Å². The Morgan fingerprint density at radius 3 is 3.11 bits per heavy atom. The molecule has 0 fully saturated rings. The van der Waals surface area contributed by atoms with Crippen LogP contribution in [0.15, 0.2) is 53.2 Å². The van der Waals surface area contributed by atoms with E-state index in [-0.39, 0.29) is 0 Å². The van der Waals surface area contributed by atoms with Gasteiger partial charge in [0.1, 0.15) is 18.4 Å². The van der Waals surface area contributed by atoms with Crippen LogP contribution in [0.5, 0.6) is 0 Å². The molecule has 0 spiro atoms. The third-order valence-electron chi connectivity index (χ3n) is 3.77. The van der Waals surface area contributed by atoms with Gasteiger partial charge < -0.3 is 4.42 Å². The molecule has 0 saturated heterocycles. The molecule has 0 radical (unpaired) electrons. The number of hydrogen-bond donors (Lipinski definition) is 0. The van der Waals surface area contributed by atoms with E-state index in [0.29, 0.717) is 0 Å². The Balaban J connectivity index is 1.93. The highest BCUT2D eigenvalue weighted by molar-refractivity contribution is 5.72. The molecule has 1 aliphatic heterocycles. The van der Waals surface area contributed by atoms with Crippen LogP contribution in [0.3, 0.4) is 0 Å². The molecule has 0 unspecified atom stereocenters. The number of rotatable bonds is 0. The van der Waals surface area contributed by atoms with Crippen molar-refractivity contribution >= 4 is 16.9 Å². The van der Waals surface area contributed by atoms with Crippen molar-refractivity contribution in [1.82, 2.24) is 9.55 Å². The number of para-hydroxylation sites is 2. The predicted octanol–water partition coefficient (Wildman–Crippen LogP) is 2.40. The number of fused-ring (bicyclic) bond motifs is 7. The second-order valence-electron chi connectivity index (χ2n) is 4.83. The van der Waals surface area contributed by atoms with Gasteiger partial charge in [-0.2, -0.15) is 8.97 Å². The van der Waals surface area contributed by atoms with E-state index in [1.54, 1.807) is 0 Å². The summed E-state index contributed by atoms with van der Waals surface area (Å²) in [7, 11) is 0. The summed E-state index contributed by atoms with van der Waals surface area (Å²) in [6, 6.07) is 12.2. The van der Waals surface area contributed by atoms with Gasteiger partial charge in [0.15, 0.2) is 16.8 Å². The summed E-state index contributed by atoms with van der Waals surface area (Å²) in [6.45, 7) is 0.828. The number of imidazole rings is 1. The lowest BCUT2D eigenvalue weighted by Gasteiger charge is -1.90. The maximum atomic E-state index is 5.96. The molecule has 4 heterocycles. The van der Waals surface area contributed by atoms with Crippen molar-refractivity contribution in [3.63, 3.8) is 0 Å². The molecule has 0 bridgehead atoms. The lowest BCUT2D eigenvalue weighted by atomic mass is 10.2. The van der Waals surface area contributed by atoms with Gasteiger partial charge in [-0.3, -0.25) is 4.98 Å². The van der Waals surface area contributed by atoms with Gasteiger partial charge in [-0.15, -0.1) is 0 Å². The second-order valence-corrected chi connectivity index (χ2v) is 4.83. The topological polar surface area (TPSA) is 35.1 Å². The van der Waals surface area contributed by atoms with Gasteiger partial charge in [-0.25, -0.2) is 0 Å². The van der Waals surface area contributed by atoms with Gasteiger partial charge in [0, 0.05) is 11.8 Å². The van der Waals surface area contributed by atoms with Crippen LogP contribution in [0.1, 0.15) is 5.56 Å². The van der Waals surface area contributed by atoms with Gasteiger partial charge >= 0.3 is 5.84 Å². The van der Waals surface area contributed by atoms with E-state index >= 15 is 0 Å². The number of nitrogens with zero attached hydrogens (tertiary/aromatic N) is 3. The van der Waals surface area contributed by atoms with Crippen molar-refractivity contribution in [2.75, 3.05) is 0 Å². The number of oxazole rings is 1. The molecule has 4 heteroatoms. The molecule has 0 atom stereocenters. The molecule has 1 aromatic carbocycles. The van der Waals surface area contributed by atoms with E-state index in [0.717, 1.165) is 34.9 Å². The first-order chi connectivity index (χ1) is 9.42. The molecular formula is C15H10N3O+. The van der Waals surface area contributed by atoms with E-state index < -0.39 is 0 Å². The van der Waals surface area contributed by atoms with Crippen molar-refractivity contribution < 1.29 is 8.82 Å². The molecule has 5 rings (SSSR count). The molecule has 19 heavy (non-hydrogen) atoms. The zero-order valence-corrected chi connectivity index (χ0v) is 10.1. The Hall–Kier alpha value is -2.62. The maximum absolute atomic E-state index is 5.96. The van der Waals surface area contributed by atoms with Crippen LogP contribution in [0, 0.1) is 0 Å². The molecule has 3 aromatic heterocycles. The largest absolute Gasteiger partial charge is 0.468 e. The van der Waals surface area contributed by atoms with Crippen LogP contribution in [0.25, 0.3) is 28.3 Å². The third kappa shape index (κ3) is 1.04. The Labute approximate surface area is 108 Å². The number of hydrogen-bond acceptors (Lipinski definition) is 2. The fourth-order valence-electron chi connectivity index (χ4n) is 2.91. The van der Waals surface area contributed by atoms with Crippen molar-refractivity contribution in [2.24, 2.45) is 0 Å². The predicted molar refractivity (Wildman–Crippen MR) is 69.7 cm³/mol. The third-order valence-corrected chi connectivity index (χ3v) is 3.77. The minimum absolute atomic E-state index is 0.828. The molecule has 4 nitrogen and oxygen atoms in total. The summed E-state index contributed by atoms with van der Waals surface area (Å²) < 4.78 is 10.2. The number of benzene rings is 1. The number of pyridine rings is 1. The fraction of sp³-hybridized carbons (Fsp3) is 0.0667. The Bertz CT molecular complexity index is 949. The second kappa shape index (κ2) is 3.03. The molecule has 90 valence electrons. The molecule has 0 N–H and O–H groups in total. The van der Waals surface area contributed by atoms with Gasteiger partial charge in [0.05, 0.1) is 0 Å². The first-order valence-electron chi connectivity index (χ1n) is 6.28. The Morgan fingerprint density at radius 1 is 1.16 bits per heavy atom. The summed E-state index contributed by atoms with van der Waals surface area (Å²) >= 11 is 0. The van der Waals surface area contributed by atoms with E-state index in [9.17, 15) is 0 Å². The van der Waals surface area contributed by atoms with Crippen LogP contribution in [-0.2, 0) is 6.54 Å². The Kier molecular flexibility index (Phi) is 1.49. The van der Waals surface area contributed by atoms with Crippen molar-refractivity contribution in [1.29, 1.82) is 0 Å². The van der Waals surface area contributed by atoms with Gasteiger partial charge in [-0.05, 0) is 18.2 Å². The zero-order chi connectivity index (χ0) is 12.4. The Morgan fingerprint density at radius 2 is 2.11 bits per heavy atom. The summed E-state index contributed by atoms with van der Waals surface area (Å²) in [5.41, 5.74) is 5.44. The van der Waals surface area contributed by atoms with E-state index in [4.69, 9.17) is 4.42 Å². The van der Waals surface area contributed by atoms with E-state index in [1.807, 2.05) is 30.5 Å². The maximum Gasteiger partial charge on any atom is 0.468 e. The smallest absolute Gasteiger partial charge is 0.387 e. The highest BCUT2D eigenvalue weighted by Gasteiger charge is 2.32. The fourth-order valence-corrected chi connectivity index (χ4v) is 2.91. The minimum Gasteiger partial charge on any atom is -0.387 e. The van der Waals surface area contributed by atoms with E-state index in [1.165, 1.54) is 5.56 Å². The van der Waals surface area contributed by atoms with Gasteiger partial charge in [-0.1, -0.05) is 18.2 Å². The van der Waals surface area contributed by atoms with Crippen molar-refractivity contribution in [2.45, 2.75) is 6.54 Å². The monoisotopic (exact) mass is 248 g/mol. The van der Waals surface area contributed by atoms with Crippen LogP contribution < -0.4 is 4.40 Å². The van der Waals surface area contributed by atoms with Gasteiger partial charge in [0.25, 0.3) is 0 Å². The summed E-state index contributed by atoms with van der Waals surface area (Å²) in [6.07, 6.45) is 3.95. The highest BCUT2D eigenvalue weighted by Crippen LogP contribution is 2.31. The van der Waals surface area contributed by atoms with Crippen LogP contribution >= 0.6 is 0 Å². The first-order valence-corrected chi connectivity index (χ1v) is 6.28. The molecule has 4 aromatic rings. The average Bonchev–Trinajstić information content (AvgIpc) is 3.07. The minimum atomic E-state index is 0.828. The van der Waals surface area contributed by atoms with Crippen LogP contribution in [-0.4, -0.2) is 9.55 Å². The summed E-state index contributed by atoms with van der Waals surface area (Å²) in [5.74, 6) is 0.870. The molecular weight excluding hydrogens is 238 g/mol. The first kappa shape index (κ1) is 9.33. The summed E-state index contributed by atoms with van der Waals surface area (Å²) in [5, 5.41) is 0. The average molecular weight is 248 g/mol. The SMILES string of the molecule is c1cnc2c(c1)Cn1c-2c[n+]2c3ccccc3oc12. The quantitative estimate of drug-likeness (QED) is 0.394. The molecule has 0 saturated carbocycles. The van der Waals surface area contributed by atoms with Crippen molar-refractivity contribution in [3.05, 3.63) is 54.4 Å². The van der Waals surface area contributed by atoms with Crippen molar-refractivity contribution in [3.8, 4) is 11.4 Å².